The Kier molecular flexibility index (Phi) is 3.78. The summed E-state index contributed by atoms with van der Waals surface area (Å²) in [5.74, 6) is 0.624. The minimum absolute atomic E-state index is 0.0301. The molecule has 0 aromatic heterocycles. The lowest BCUT2D eigenvalue weighted by atomic mass is 10.0. The summed E-state index contributed by atoms with van der Waals surface area (Å²) in [5, 5.41) is 0. The Bertz CT molecular complexity index is 212. The van der Waals surface area contributed by atoms with Crippen molar-refractivity contribution in [1.29, 1.82) is 0 Å². The fourth-order valence-corrected chi connectivity index (χ4v) is 1.57. The maximum Gasteiger partial charge on any atom is 0.228 e. The Morgan fingerprint density at radius 2 is 2.29 bits per heavy atom. The van der Waals surface area contributed by atoms with Crippen molar-refractivity contribution in [2.45, 2.75) is 25.8 Å². The first-order valence-corrected chi connectivity index (χ1v) is 5.44. The Labute approximate surface area is 90.4 Å². The minimum Gasteiger partial charge on any atom is -0.381 e. The van der Waals surface area contributed by atoms with Crippen LogP contribution >= 0.6 is 11.6 Å². The van der Waals surface area contributed by atoms with Crippen molar-refractivity contribution in [2.75, 3.05) is 26.1 Å². The molecule has 1 atom stereocenters. The van der Waals surface area contributed by atoms with E-state index in [2.05, 4.69) is 0 Å². The summed E-state index contributed by atoms with van der Waals surface area (Å²) in [4.78, 5) is 13.7. The SMILES string of the molecule is CN(C(=O)C1CCOC1)C(C)(C)CCl. The highest BCUT2D eigenvalue weighted by molar-refractivity contribution is 6.18. The number of hydrogen-bond acceptors (Lipinski definition) is 2. The molecule has 1 saturated heterocycles. The molecule has 0 aromatic carbocycles. The van der Waals surface area contributed by atoms with E-state index in [4.69, 9.17) is 16.3 Å². The molecule has 1 fully saturated rings. The van der Waals surface area contributed by atoms with Crippen LogP contribution in [0.3, 0.4) is 0 Å². The second-order valence-corrected chi connectivity index (χ2v) is 4.67. The Hall–Kier alpha value is -0.280. The molecule has 82 valence electrons. The summed E-state index contributed by atoms with van der Waals surface area (Å²) < 4.78 is 5.19. The van der Waals surface area contributed by atoms with Gasteiger partial charge in [-0.3, -0.25) is 4.79 Å². The Morgan fingerprint density at radius 1 is 1.64 bits per heavy atom. The quantitative estimate of drug-likeness (QED) is 0.674. The molecule has 1 amide bonds. The number of carbonyl (C=O) groups is 1. The fourth-order valence-electron chi connectivity index (χ4n) is 1.39. The summed E-state index contributed by atoms with van der Waals surface area (Å²) in [7, 11) is 1.81. The maximum atomic E-state index is 11.9. The number of amides is 1. The highest BCUT2D eigenvalue weighted by Gasteiger charge is 2.33. The average molecular weight is 220 g/mol. The van der Waals surface area contributed by atoms with Crippen LogP contribution in [0.15, 0.2) is 0 Å². The van der Waals surface area contributed by atoms with Gasteiger partial charge in [-0.15, -0.1) is 11.6 Å². The summed E-state index contributed by atoms with van der Waals surface area (Å²) >= 11 is 5.81. The molecule has 1 unspecified atom stereocenters. The van der Waals surface area contributed by atoms with Crippen LogP contribution < -0.4 is 0 Å². The second kappa shape index (κ2) is 4.49. The van der Waals surface area contributed by atoms with E-state index in [9.17, 15) is 4.79 Å². The second-order valence-electron chi connectivity index (χ2n) is 4.40. The normalized spacial score (nSPS) is 22.4. The van der Waals surface area contributed by atoms with Crippen molar-refractivity contribution < 1.29 is 9.53 Å². The predicted octanol–water partition coefficient (Wildman–Crippen LogP) is 1.50. The van der Waals surface area contributed by atoms with Gasteiger partial charge in [-0.1, -0.05) is 0 Å². The van der Waals surface area contributed by atoms with Gasteiger partial charge >= 0.3 is 0 Å². The number of nitrogens with zero attached hydrogens (tertiary/aromatic N) is 1. The van der Waals surface area contributed by atoms with Crippen molar-refractivity contribution >= 4 is 17.5 Å². The summed E-state index contributed by atoms with van der Waals surface area (Å²) in [5.41, 5.74) is -0.277. The van der Waals surface area contributed by atoms with E-state index in [0.717, 1.165) is 6.42 Å². The summed E-state index contributed by atoms with van der Waals surface area (Å²) in [6.45, 7) is 5.19. The van der Waals surface area contributed by atoms with E-state index in [1.807, 2.05) is 20.9 Å². The number of ether oxygens (including phenoxy) is 1. The lowest BCUT2D eigenvalue weighted by molar-refractivity contribution is -0.138. The van der Waals surface area contributed by atoms with Crippen molar-refractivity contribution in [3.05, 3.63) is 0 Å². The molecular formula is C10H18ClNO2. The van der Waals surface area contributed by atoms with Crippen molar-refractivity contribution in [3.63, 3.8) is 0 Å². The van der Waals surface area contributed by atoms with Crippen molar-refractivity contribution in [1.82, 2.24) is 4.90 Å². The van der Waals surface area contributed by atoms with Gasteiger partial charge in [0, 0.05) is 19.5 Å². The van der Waals surface area contributed by atoms with Gasteiger partial charge in [-0.05, 0) is 20.3 Å². The smallest absolute Gasteiger partial charge is 0.228 e. The third-order valence-electron chi connectivity index (χ3n) is 2.84. The van der Waals surface area contributed by atoms with Crippen LogP contribution in [0, 0.1) is 5.92 Å². The highest BCUT2D eigenvalue weighted by atomic mass is 35.5. The summed E-state index contributed by atoms with van der Waals surface area (Å²) in [6, 6.07) is 0. The topological polar surface area (TPSA) is 29.5 Å². The zero-order chi connectivity index (χ0) is 10.8. The van der Waals surface area contributed by atoms with E-state index in [-0.39, 0.29) is 17.4 Å². The third-order valence-corrected chi connectivity index (χ3v) is 3.50. The lowest BCUT2D eigenvalue weighted by Crippen LogP contribution is -2.48. The van der Waals surface area contributed by atoms with Crippen LogP contribution in [0.2, 0.25) is 0 Å². The van der Waals surface area contributed by atoms with Crippen LogP contribution in [0.1, 0.15) is 20.3 Å². The standard InChI is InChI=1S/C10H18ClNO2/c1-10(2,7-11)12(3)9(13)8-4-5-14-6-8/h8H,4-7H2,1-3H3. The van der Waals surface area contributed by atoms with E-state index in [1.54, 1.807) is 4.90 Å². The van der Waals surface area contributed by atoms with E-state index in [1.165, 1.54) is 0 Å². The van der Waals surface area contributed by atoms with Gasteiger partial charge in [0.05, 0.1) is 18.1 Å². The molecule has 1 heterocycles. The third kappa shape index (κ3) is 2.39. The van der Waals surface area contributed by atoms with Crippen LogP contribution in [0.4, 0.5) is 0 Å². The molecule has 1 aliphatic heterocycles. The number of halogens is 1. The molecule has 0 aromatic rings. The molecule has 3 nitrogen and oxygen atoms in total. The number of carbonyl (C=O) groups excluding carboxylic acids is 1. The molecule has 0 bridgehead atoms. The zero-order valence-corrected chi connectivity index (χ0v) is 9.80. The molecule has 0 spiro atoms. The first kappa shape index (κ1) is 11.8. The highest BCUT2D eigenvalue weighted by Crippen LogP contribution is 2.21. The van der Waals surface area contributed by atoms with E-state index >= 15 is 0 Å². The molecule has 14 heavy (non-hydrogen) atoms. The monoisotopic (exact) mass is 219 g/mol. The van der Waals surface area contributed by atoms with E-state index in [0.29, 0.717) is 19.1 Å². The summed E-state index contributed by atoms with van der Waals surface area (Å²) in [6.07, 6.45) is 0.835. The van der Waals surface area contributed by atoms with Gasteiger partial charge in [-0.2, -0.15) is 0 Å². The van der Waals surface area contributed by atoms with Gasteiger partial charge in [0.15, 0.2) is 0 Å². The largest absolute Gasteiger partial charge is 0.381 e. The Morgan fingerprint density at radius 3 is 2.71 bits per heavy atom. The molecule has 0 N–H and O–H groups in total. The molecular weight excluding hydrogens is 202 g/mol. The van der Waals surface area contributed by atoms with Crippen LogP contribution in [-0.2, 0) is 9.53 Å². The van der Waals surface area contributed by atoms with E-state index < -0.39 is 0 Å². The van der Waals surface area contributed by atoms with Gasteiger partial charge in [0.25, 0.3) is 0 Å². The first-order valence-electron chi connectivity index (χ1n) is 4.90. The predicted molar refractivity (Wildman–Crippen MR) is 56.5 cm³/mol. The van der Waals surface area contributed by atoms with Crippen molar-refractivity contribution in [2.24, 2.45) is 5.92 Å². The number of hydrogen-bond donors (Lipinski definition) is 0. The minimum atomic E-state index is -0.277. The zero-order valence-electron chi connectivity index (χ0n) is 9.05. The molecule has 0 radical (unpaired) electrons. The number of alkyl halides is 1. The molecule has 1 aliphatic rings. The van der Waals surface area contributed by atoms with Crippen LogP contribution in [0.25, 0.3) is 0 Å². The van der Waals surface area contributed by atoms with Gasteiger partial charge in [0.2, 0.25) is 5.91 Å². The average Bonchev–Trinajstić information content (AvgIpc) is 2.68. The Balaban J connectivity index is 2.59. The first-order chi connectivity index (χ1) is 6.49. The van der Waals surface area contributed by atoms with Crippen LogP contribution in [-0.4, -0.2) is 42.5 Å². The molecule has 0 aliphatic carbocycles. The maximum absolute atomic E-state index is 11.9. The number of rotatable bonds is 3. The van der Waals surface area contributed by atoms with Gasteiger partial charge < -0.3 is 9.64 Å². The fraction of sp³-hybridized carbons (Fsp3) is 0.900. The molecule has 0 saturated carbocycles. The lowest BCUT2D eigenvalue weighted by Gasteiger charge is -2.35. The van der Waals surface area contributed by atoms with Crippen LogP contribution in [0.5, 0.6) is 0 Å². The van der Waals surface area contributed by atoms with Crippen molar-refractivity contribution in [3.8, 4) is 0 Å². The van der Waals surface area contributed by atoms with Gasteiger partial charge in [0.1, 0.15) is 0 Å². The molecule has 4 heteroatoms. The van der Waals surface area contributed by atoms with Gasteiger partial charge in [-0.25, -0.2) is 0 Å². The molecule has 1 rings (SSSR count).